The number of nitrogens with one attached hydrogen (secondary N) is 2. The molecule has 5 heteroatoms. The number of hydrogen-bond acceptors (Lipinski definition) is 3. The zero-order valence-electron chi connectivity index (χ0n) is 10.3. The molecule has 1 aliphatic rings. The molecule has 2 N–H and O–H groups in total. The summed E-state index contributed by atoms with van der Waals surface area (Å²) >= 11 is 0. The Morgan fingerprint density at radius 2 is 2.19 bits per heavy atom. The van der Waals surface area contributed by atoms with E-state index < -0.39 is 5.60 Å². The molecule has 0 saturated carbocycles. The van der Waals surface area contributed by atoms with Crippen molar-refractivity contribution in [2.45, 2.75) is 39.2 Å². The number of hydrogen-bond donors (Lipinski definition) is 2. The molecule has 1 fully saturated rings. The van der Waals surface area contributed by atoms with Crippen molar-refractivity contribution >= 4 is 18.5 Å². The third kappa shape index (κ3) is 6.90. The minimum atomic E-state index is -0.408. The first-order valence-corrected chi connectivity index (χ1v) is 5.65. The number of carbonyl (C=O) groups excluding carboxylic acids is 1. The number of piperidine rings is 1. The first kappa shape index (κ1) is 15.5. The highest BCUT2D eigenvalue weighted by Crippen LogP contribution is 2.09. The Balaban J connectivity index is 0.00000225. The minimum Gasteiger partial charge on any atom is -0.444 e. The summed E-state index contributed by atoms with van der Waals surface area (Å²) < 4.78 is 5.16. The Morgan fingerprint density at radius 3 is 2.69 bits per heavy atom. The van der Waals surface area contributed by atoms with E-state index in [0.717, 1.165) is 13.1 Å². The molecule has 1 atom stereocenters. The predicted octanol–water partition coefficient (Wildman–Crippen LogP) is 1.93. The highest BCUT2D eigenvalue weighted by atomic mass is 35.5. The molecule has 1 rings (SSSR count). The van der Waals surface area contributed by atoms with Gasteiger partial charge in [-0.15, -0.1) is 12.4 Å². The lowest BCUT2D eigenvalue weighted by Gasteiger charge is -2.24. The molecule has 1 amide bonds. The van der Waals surface area contributed by atoms with Crippen LogP contribution in [0.4, 0.5) is 4.79 Å². The lowest BCUT2D eigenvalue weighted by molar-refractivity contribution is 0.0517. The summed E-state index contributed by atoms with van der Waals surface area (Å²) in [5, 5.41) is 6.12. The van der Waals surface area contributed by atoms with Crippen LogP contribution >= 0.6 is 12.4 Å². The van der Waals surface area contributed by atoms with Crippen molar-refractivity contribution in [1.29, 1.82) is 0 Å². The fraction of sp³-hybridized carbons (Fsp3) is 0.909. The average molecular weight is 251 g/mol. The van der Waals surface area contributed by atoms with Gasteiger partial charge in [0, 0.05) is 6.54 Å². The van der Waals surface area contributed by atoms with E-state index in [4.69, 9.17) is 4.74 Å². The lowest BCUT2D eigenvalue weighted by atomic mass is 10.00. The second-order valence-corrected chi connectivity index (χ2v) is 5.10. The molecule has 16 heavy (non-hydrogen) atoms. The first-order chi connectivity index (χ1) is 6.97. The number of alkyl carbamates (subject to hydrolysis) is 1. The van der Waals surface area contributed by atoms with Gasteiger partial charge in [0.2, 0.25) is 0 Å². The van der Waals surface area contributed by atoms with Crippen molar-refractivity contribution in [3.8, 4) is 0 Å². The van der Waals surface area contributed by atoms with E-state index in [1.54, 1.807) is 0 Å². The summed E-state index contributed by atoms with van der Waals surface area (Å²) in [4.78, 5) is 11.3. The Kier molecular flexibility index (Phi) is 6.76. The van der Waals surface area contributed by atoms with Crippen molar-refractivity contribution in [3.63, 3.8) is 0 Å². The van der Waals surface area contributed by atoms with Crippen molar-refractivity contribution < 1.29 is 9.53 Å². The van der Waals surface area contributed by atoms with Crippen LogP contribution in [0.5, 0.6) is 0 Å². The molecule has 4 nitrogen and oxygen atoms in total. The second-order valence-electron chi connectivity index (χ2n) is 5.10. The van der Waals surface area contributed by atoms with Crippen LogP contribution in [0.15, 0.2) is 0 Å². The van der Waals surface area contributed by atoms with Crippen molar-refractivity contribution in [3.05, 3.63) is 0 Å². The summed E-state index contributed by atoms with van der Waals surface area (Å²) in [6.07, 6.45) is 2.07. The third-order valence-electron chi connectivity index (χ3n) is 2.33. The molecule has 0 aromatic rings. The zero-order valence-corrected chi connectivity index (χ0v) is 11.2. The summed E-state index contributed by atoms with van der Waals surface area (Å²) in [5.41, 5.74) is -0.408. The smallest absolute Gasteiger partial charge is 0.407 e. The summed E-state index contributed by atoms with van der Waals surface area (Å²) in [7, 11) is 0. The zero-order chi connectivity index (χ0) is 11.3. The van der Waals surface area contributed by atoms with E-state index in [9.17, 15) is 4.79 Å². The summed E-state index contributed by atoms with van der Waals surface area (Å²) in [6, 6.07) is 0. The van der Waals surface area contributed by atoms with Crippen LogP contribution in [-0.4, -0.2) is 31.3 Å². The maximum absolute atomic E-state index is 11.3. The molecule has 1 unspecified atom stereocenters. The van der Waals surface area contributed by atoms with E-state index >= 15 is 0 Å². The second kappa shape index (κ2) is 6.97. The number of rotatable bonds is 2. The third-order valence-corrected chi connectivity index (χ3v) is 2.33. The van der Waals surface area contributed by atoms with Gasteiger partial charge in [-0.2, -0.15) is 0 Å². The molecular weight excluding hydrogens is 228 g/mol. The lowest BCUT2D eigenvalue weighted by Crippen LogP contribution is -2.40. The fourth-order valence-corrected chi connectivity index (χ4v) is 1.64. The van der Waals surface area contributed by atoms with Crippen molar-refractivity contribution in [2.75, 3.05) is 19.6 Å². The maximum atomic E-state index is 11.3. The molecule has 0 bridgehead atoms. The fourth-order valence-electron chi connectivity index (χ4n) is 1.64. The van der Waals surface area contributed by atoms with Gasteiger partial charge >= 0.3 is 6.09 Å². The normalized spacial score (nSPS) is 20.8. The average Bonchev–Trinajstić information content (AvgIpc) is 2.14. The molecule has 0 radical (unpaired) electrons. The predicted molar refractivity (Wildman–Crippen MR) is 67.1 cm³/mol. The van der Waals surface area contributed by atoms with Crippen LogP contribution in [0.25, 0.3) is 0 Å². The largest absolute Gasteiger partial charge is 0.444 e. The Bertz CT molecular complexity index is 211. The van der Waals surface area contributed by atoms with E-state index in [-0.39, 0.29) is 18.5 Å². The molecule has 96 valence electrons. The molecular formula is C11H23ClN2O2. The van der Waals surface area contributed by atoms with Gasteiger partial charge in [-0.3, -0.25) is 0 Å². The van der Waals surface area contributed by atoms with Gasteiger partial charge in [0.25, 0.3) is 0 Å². The number of amides is 1. The molecule has 1 saturated heterocycles. The van der Waals surface area contributed by atoms with Crippen LogP contribution in [0, 0.1) is 5.92 Å². The van der Waals surface area contributed by atoms with Crippen LogP contribution in [-0.2, 0) is 4.74 Å². The first-order valence-electron chi connectivity index (χ1n) is 5.65. The van der Waals surface area contributed by atoms with E-state index in [0.29, 0.717) is 12.5 Å². The highest BCUT2D eigenvalue weighted by Gasteiger charge is 2.18. The minimum absolute atomic E-state index is 0. The monoisotopic (exact) mass is 250 g/mol. The molecule has 0 spiro atoms. The Hall–Kier alpha value is -0.480. The SMILES string of the molecule is CC(C)(C)OC(=O)NCC1CCCNC1.Cl. The van der Waals surface area contributed by atoms with E-state index in [2.05, 4.69) is 10.6 Å². The number of carbonyl (C=O) groups is 1. The molecule has 0 aliphatic carbocycles. The Labute approximate surface area is 104 Å². The topological polar surface area (TPSA) is 50.4 Å². The number of ether oxygens (including phenoxy) is 1. The highest BCUT2D eigenvalue weighted by molar-refractivity contribution is 5.85. The van der Waals surface area contributed by atoms with E-state index in [1.807, 2.05) is 20.8 Å². The number of halogens is 1. The molecule has 0 aromatic carbocycles. The van der Waals surface area contributed by atoms with Crippen LogP contribution in [0.3, 0.4) is 0 Å². The van der Waals surface area contributed by atoms with E-state index in [1.165, 1.54) is 12.8 Å². The molecule has 1 heterocycles. The molecule has 0 aromatic heterocycles. The van der Waals surface area contributed by atoms with Gasteiger partial charge in [-0.25, -0.2) is 4.79 Å². The summed E-state index contributed by atoms with van der Waals surface area (Å²) in [6.45, 7) is 8.42. The van der Waals surface area contributed by atoms with Crippen molar-refractivity contribution in [1.82, 2.24) is 10.6 Å². The van der Waals surface area contributed by atoms with Gasteiger partial charge in [-0.1, -0.05) is 0 Å². The summed E-state index contributed by atoms with van der Waals surface area (Å²) in [5.74, 6) is 0.547. The van der Waals surface area contributed by atoms with Gasteiger partial charge < -0.3 is 15.4 Å². The quantitative estimate of drug-likeness (QED) is 0.788. The van der Waals surface area contributed by atoms with Crippen LogP contribution in [0.1, 0.15) is 33.6 Å². The van der Waals surface area contributed by atoms with Crippen LogP contribution in [0.2, 0.25) is 0 Å². The van der Waals surface area contributed by atoms with Crippen molar-refractivity contribution in [2.24, 2.45) is 5.92 Å². The van der Waals surface area contributed by atoms with Gasteiger partial charge in [0.15, 0.2) is 0 Å². The molecule has 1 aliphatic heterocycles. The van der Waals surface area contributed by atoms with Gasteiger partial charge in [0.1, 0.15) is 5.60 Å². The standard InChI is InChI=1S/C11H22N2O2.ClH/c1-11(2,3)15-10(14)13-8-9-5-4-6-12-7-9;/h9,12H,4-8H2,1-3H3,(H,13,14);1H. The Morgan fingerprint density at radius 1 is 1.50 bits per heavy atom. The van der Waals surface area contributed by atoms with Crippen LogP contribution < -0.4 is 10.6 Å². The van der Waals surface area contributed by atoms with Gasteiger partial charge in [-0.05, 0) is 52.6 Å². The van der Waals surface area contributed by atoms with Gasteiger partial charge in [0.05, 0.1) is 0 Å². The maximum Gasteiger partial charge on any atom is 0.407 e.